The second-order valence-corrected chi connectivity index (χ2v) is 8.28. The van der Waals surface area contributed by atoms with Crippen molar-refractivity contribution in [3.05, 3.63) is 66.3 Å². The summed E-state index contributed by atoms with van der Waals surface area (Å²) in [4.78, 5) is 16.9. The van der Waals surface area contributed by atoms with Gasteiger partial charge in [0.25, 0.3) is 0 Å². The number of hydrogen-bond donors (Lipinski definition) is 0. The molecule has 30 heavy (non-hydrogen) atoms. The topological polar surface area (TPSA) is 67.9 Å². The molecule has 0 bridgehead atoms. The van der Waals surface area contributed by atoms with Crippen LogP contribution in [0.5, 0.6) is 0 Å². The Morgan fingerprint density at radius 3 is 2.33 bits per heavy atom. The molecule has 6 heteroatoms. The molecule has 1 saturated heterocycles. The molecule has 6 rings (SSSR count). The van der Waals surface area contributed by atoms with Crippen molar-refractivity contribution in [1.82, 2.24) is 20.1 Å². The predicted molar refractivity (Wildman–Crippen MR) is 115 cm³/mol. The summed E-state index contributed by atoms with van der Waals surface area (Å²) in [6, 6.07) is 18.5. The molecule has 2 aromatic carbocycles. The van der Waals surface area contributed by atoms with Crippen LogP contribution in [0.15, 0.2) is 59.1 Å². The number of piperidine rings is 1. The van der Waals surface area contributed by atoms with Crippen LogP contribution >= 0.6 is 0 Å². The van der Waals surface area contributed by atoms with E-state index in [1.54, 1.807) is 0 Å². The van der Waals surface area contributed by atoms with Crippen molar-refractivity contribution in [1.29, 1.82) is 0 Å². The lowest BCUT2D eigenvalue weighted by atomic mass is 9.96. The second kappa shape index (κ2) is 7.20. The van der Waals surface area contributed by atoms with Gasteiger partial charge in [-0.2, -0.15) is 4.98 Å². The molecule has 0 atom stereocenters. The summed E-state index contributed by atoms with van der Waals surface area (Å²) in [7, 11) is 0. The van der Waals surface area contributed by atoms with E-state index in [1.165, 1.54) is 12.8 Å². The summed E-state index contributed by atoms with van der Waals surface area (Å²) in [5, 5.41) is 5.38. The first kappa shape index (κ1) is 17.6. The van der Waals surface area contributed by atoms with Crippen LogP contribution in [0.1, 0.15) is 49.2 Å². The maximum absolute atomic E-state index is 5.48. The molecule has 0 amide bonds. The minimum absolute atomic E-state index is 0.360. The van der Waals surface area contributed by atoms with E-state index in [2.05, 4.69) is 45.4 Å². The van der Waals surface area contributed by atoms with Gasteiger partial charge in [0.15, 0.2) is 11.6 Å². The second-order valence-electron chi connectivity index (χ2n) is 8.28. The van der Waals surface area contributed by atoms with Gasteiger partial charge in [0.05, 0.1) is 5.52 Å². The average Bonchev–Trinajstić information content (AvgIpc) is 3.55. The Labute approximate surface area is 175 Å². The molecule has 6 nitrogen and oxygen atoms in total. The van der Waals surface area contributed by atoms with Gasteiger partial charge in [-0.15, -0.1) is 0 Å². The molecule has 3 heterocycles. The summed E-state index contributed by atoms with van der Waals surface area (Å²) >= 11 is 0. The van der Waals surface area contributed by atoms with Crippen molar-refractivity contribution in [2.45, 2.75) is 37.5 Å². The zero-order valence-corrected chi connectivity index (χ0v) is 16.7. The highest BCUT2D eigenvalue weighted by Crippen LogP contribution is 2.40. The molecular weight excluding hydrogens is 374 g/mol. The number of fused-ring (bicyclic) bond motifs is 1. The van der Waals surface area contributed by atoms with Crippen molar-refractivity contribution < 1.29 is 4.52 Å². The highest BCUT2D eigenvalue weighted by atomic mass is 16.5. The lowest BCUT2D eigenvalue weighted by molar-refractivity contribution is 0.365. The standard InChI is InChI=1S/C24H23N5O/c1-2-6-16(7-3-1)21-25-20-9-5-4-8-19(20)23(26-21)29-14-12-17(13-15-29)22-27-24(30-28-22)18-10-11-18/h1-9,17-18H,10-15H2. The molecular formula is C24H23N5O. The predicted octanol–water partition coefficient (Wildman–Crippen LogP) is 4.94. The van der Waals surface area contributed by atoms with E-state index >= 15 is 0 Å². The van der Waals surface area contributed by atoms with Gasteiger partial charge in [0.1, 0.15) is 5.82 Å². The van der Waals surface area contributed by atoms with Gasteiger partial charge in [-0.3, -0.25) is 0 Å². The Kier molecular flexibility index (Phi) is 4.22. The van der Waals surface area contributed by atoms with Crippen molar-refractivity contribution in [3.8, 4) is 11.4 Å². The Balaban J connectivity index is 1.29. The highest BCUT2D eigenvalue weighted by Gasteiger charge is 2.32. The van der Waals surface area contributed by atoms with Gasteiger partial charge in [-0.25, -0.2) is 9.97 Å². The first-order chi connectivity index (χ1) is 14.8. The zero-order valence-electron chi connectivity index (χ0n) is 16.7. The Hall–Kier alpha value is -3.28. The fourth-order valence-electron chi connectivity index (χ4n) is 4.28. The van der Waals surface area contributed by atoms with Crippen LogP contribution in [0.25, 0.3) is 22.3 Å². The van der Waals surface area contributed by atoms with Crippen LogP contribution in [0.4, 0.5) is 5.82 Å². The monoisotopic (exact) mass is 397 g/mol. The van der Waals surface area contributed by atoms with E-state index in [-0.39, 0.29) is 0 Å². The van der Waals surface area contributed by atoms with E-state index in [1.807, 2.05) is 24.3 Å². The summed E-state index contributed by atoms with van der Waals surface area (Å²) in [5.41, 5.74) is 2.02. The van der Waals surface area contributed by atoms with Gasteiger partial charge in [-0.05, 0) is 37.8 Å². The van der Waals surface area contributed by atoms with E-state index in [9.17, 15) is 0 Å². The molecule has 1 saturated carbocycles. The third-order valence-corrected chi connectivity index (χ3v) is 6.16. The molecule has 1 aliphatic carbocycles. The number of anilines is 1. The molecule has 0 unspecified atom stereocenters. The molecule has 150 valence electrons. The maximum Gasteiger partial charge on any atom is 0.229 e. The summed E-state index contributed by atoms with van der Waals surface area (Å²) in [5.74, 6) is 4.38. The lowest BCUT2D eigenvalue weighted by Gasteiger charge is -2.32. The normalized spacial score (nSPS) is 17.5. The fourth-order valence-corrected chi connectivity index (χ4v) is 4.28. The van der Waals surface area contributed by atoms with Crippen molar-refractivity contribution in [3.63, 3.8) is 0 Å². The smallest absolute Gasteiger partial charge is 0.229 e. The number of aromatic nitrogens is 4. The van der Waals surface area contributed by atoms with Gasteiger partial charge in [-0.1, -0.05) is 47.6 Å². The van der Waals surface area contributed by atoms with E-state index < -0.39 is 0 Å². The molecule has 0 spiro atoms. The van der Waals surface area contributed by atoms with Crippen molar-refractivity contribution in [2.75, 3.05) is 18.0 Å². The number of rotatable bonds is 4. The van der Waals surface area contributed by atoms with Crippen LogP contribution in [0.3, 0.4) is 0 Å². The molecule has 2 aromatic heterocycles. The van der Waals surface area contributed by atoms with Crippen molar-refractivity contribution >= 4 is 16.7 Å². The van der Waals surface area contributed by atoms with Crippen LogP contribution in [0, 0.1) is 0 Å². The van der Waals surface area contributed by atoms with Gasteiger partial charge in [0, 0.05) is 35.9 Å². The van der Waals surface area contributed by atoms with E-state index in [0.29, 0.717) is 11.8 Å². The van der Waals surface area contributed by atoms with Crippen LogP contribution in [0.2, 0.25) is 0 Å². The van der Waals surface area contributed by atoms with Crippen LogP contribution < -0.4 is 4.90 Å². The van der Waals surface area contributed by atoms with Gasteiger partial charge in [0.2, 0.25) is 5.89 Å². The van der Waals surface area contributed by atoms with E-state index in [0.717, 1.165) is 65.8 Å². The first-order valence-electron chi connectivity index (χ1n) is 10.8. The minimum atomic E-state index is 0.360. The van der Waals surface area contributed by atoms with Crippen molar-refractivity contribution in [2.24, 2.45) is 0 Å². The Morgan fingerprint density at radius 1 is 0.767 bits per heavy atom. The molecule has 1 aliphatic heterocycles. The largest absolute Gasteiger partial charge is 0.356 e. The Morgan fingerprint density at radius 2 is 1.53 bits per heavy atom. The molecule has 0 radical (unpaired) electrons. The molecule has 2 aliphatic rings. The highest BCUT2D eigenvalue weighted by molar-refractivity contribution is 5.91. The van der Waals surface area contributed by atoms with Gasteiger partial charge >= 0.3 is 0 Å². The molecule has 2 fully saturated rings. The summed E-state index contributed by atoms with van der Waals surface area (Å²) in [6.07, 6.45) is 4.38. The van der Waals surface area contributed by atoms with Gasteiger partial charge < -0.3 is 9.42 Å². The third-order valence-electron chi connectivity index (χ3n) is 6.16. The number of nitrogens with zero attached hydrogens (tertiary/aromatic N) is 5. The van der Waals surface area contributed by atoms with Crippen LogP contribution in [-0.4, -0.2) is 33.2 Å². The minimum Gasteiger partial charge on any atom is -0.356 e. The third kappa shape index (κ3) is 3.22. The summed E-state index contributed by atoms with van der Waals surface area (Å²) in [6.45, 7) is 1.85. The number of benzene rings is 2. The van der Waals surface area contributed by atoms with Crippen LogP contribution in [-0.2, 0) is 0 Å². The fraction of sp³-hybridized carbons (Fsp3) is 0.333. The molecule has 4 aromatic rings. The number of para-hydroxylation sites is 1. The maximum atomic E-state index is 5.48. The van der Waals surface area contributed by atoms with E-state index in [4.69, 9.17) is 14.5 Å². The summed E-state index contributed by atoms with van der Waals surface area (Å²) < 4.78 is 5.48. The first-order valence-corrected chi connectivity index (χ1v) is 10.8. The average molecular weight is 397 g/mol. The molecule has 0 N–H and O–H groups in total. The SMILES string of the molecule is c1ccc(-c2nc(N3CCC(c4noc(C5CC5)n4)CC3)c3ccccc3n2)cc1. The lowest BCUT2D eigenvalue weighted by Crippen LogP contribution is -2.34. The zero-order chi connectivity index (χ0) is 19.9. The number of hydrogen-bond acceptors (Lipinski definition) is 6. The Bertz CT molecular complexity index is 1180. The quantitative estimate of drug-likeness (QED) is 0.486.